The molecule has 0 aromatic heterocycles. The summed E-state index contributed by atoms with van der Waals surface area (Å²) in [5, 5.41) is 3.02. The SMILES string of the molecule is O=C(NC1CCOC1)N1Cc2ccccc2C1. The van der Waals surface area contributed by atoms with Gasteiger partial charge in [0.25, 0.3) is 0 Å². The minimum absolute atomic E-state index is 0.0247. The van der Waals surface area contributed by atoms with E-state index in [0.717, 1.165) is 26.1 Å². The van der Waals surface area contributed by atoms with E-state index in [9.17, 15) is 4.79 Å². The molecule has 1 aromatic rings. The molecule has 0 spiro atoms. The summed E-state index contributed by atoms with van der Waals surface area (Å²) in [6.07, 6.45) is 0.923. The number of hydrogen-bond donors (Lipinski definition) is 1. The molecule has 0 radical (unpaired) electrons. The molecular weight excluding hydrogens is 216 g/mol. The monoisotopic (exact) mass is 232 g/mol. The zero-order valence-electron chi connectivity index (χ0n) is 9.69. The van der Waals surface area contributed by atoms with Crippen molar-refractivity contribution in [2.24, 2.45) is 0 Å². The van der Waals surface area contributed by atoms with Gasteiger partial charge in [-0.3, -0.25) is 0 Å². The third-order valence-corrected chi connectivity index (χ3v) is 3.39. The van der Waals surface area contributed by atoms with Gasteiger partial charge >= 0.3 is 6.03 Å². The first kappa shape index (κ1) is 10.6. The van der Waals surface area contributed by atoms with Gasteiger partial charge in [0.05, 0.1) is 12.6 Å². The minimum atomic E-state index is 0.0247. The van der Waals surface area contributed by atoms with Crippen LogP contribution in [-0.2, 0) is 17.8 Å². The average Bonchev–Trinajstić information content (AvgIpc) is 2.96. The van der Waals surface area contributed by atoms with Crippen molar-refractivity contribution >= 4 is 6.03 Å². The fourth-order valence-electron chi connectivity index (χ4n) is 2.39. The molecule has 1 unspecified atom stereocenters. The number of urea groups is 1. The van der Waals surface area contributed by atoms with Crippen molar-refractivity contribution in [2.45, 2.75) is 25.6 Å². The molecule has 2 heterocycles. The molecule has 0 aliphatic carbocycles. The number of amides is 2. The first-order valence-corrected chi connectivity index (χ1v) is 6.03. The van der Waals surface area contributed by atoms with Gasteiger partial charge in [0.2, 0.25) is 0 Å². The Balaban J connectivity index is 1.62. The fourth-order valence-corrected chi connectivity index (χ4v) is 2.39. The Kier molecular flexibility index (Phi) is 2.73. The van der Waals surface area contributed by atoms with Crippen LogP contribution in [0.4, 0.5) is 4.79 Å². The lowest BCUT2D eigenvalue weighted by atomic mass is 10.1. The second-order valence-electron chi connectivity index (χ2n) is 4.63. The third kappa shape index (κ3) is 2.13. The summed E-state index contributed by atoms with van der Waals surface area (Å²) in [6.45, 7) is 2.84. The normalized spacial score (nSPS) is 22.6. The van der Waals surface area contributed by atoms with E-state index in [1.807, 2.05) is 17.0 Å². The summed E-state index contributed by atoms with van der Waals surface area (Å²) in [6, 6.07) is 8.42. The van der Waals surface area contributed by atoms with Gasteiger partial charge in [-0.05, 0) is 17.5 Å². The Morgan fingerprint density at radius 1 is 1.29 bits per heavy atom. The quantitative estimate of drug-likeness (QED) is 0.797. The van der Waals surface area contributed by atoms with Gasteiger partial charge in [0.1, 0.15) is 0 Å². The molecule has 1 atom stereocenters. The summed E-state index contributed by atoms with van der Waals surface area (Å²) in [5.74, 6) is 0. The number of hydrogen-bond acceptors (Lipinski definition) is 2. The molecule has 2 aliphatic rings. The number of rotatable bonds is 1. The maximum Gasteiger partial charge on any atom is 0.318 e. The smallest absolute Gasteiger partial charge is 0.318 e. The summed E-state index contributed by atoms with van der Waals surface area (Å²) in [5.41, 5.74) is 2.51. The first-order chi connectivity index (χ1) is 8.33. The molecule has 1 N–H and O–H groups in total. The van der Waals surface area contributed by atoms with Crippen molar-refractivity contribution in [1.82, 2.24) is 10.2 Å². The van der Waals surface area contributed by atoms with Crippen LogP contribution in [0.15, 0.2) is 24.3 Å². The minimum Gasteiger partial charge on any atom is -0.379 e. The van der Waals surface area contributed by atoms with E-state index >= 15 is 0 Å². The zero-order valence-corrected chi connectivity index (χ0v) is 9.69. The largest absolute Gasteiger partial charge is 0.379 e. The van der Waals surface area contributed by atoms with Crippen LogP contribution in [0.5, 0.6) is 0 Å². The molecule has 17 heavy (non-hydrogen) atoms. The molecule has 2 amide bonds. The summed E-state index contributed by atoms with van der Waals surface area (Å²) in [7, 11) is 0. The van der Waals surface area contributed by atoms with Gasteiger partial charge in [0.15, 0.2) is 0 Å². The highest BCUT2D eigenvalue weighted by molar-refractivity contribution is 5.75. The molecule has 90 valence electrons. The molecule has 1 fully saturated rings. The van der Waals surface area contributed by atoms with E-state index in [2.05, 4.69) is 17.4 Å². The predicted octanol–water partition coefficient (Wildman–Crippen LogP) is 1.50. The van der Waals surface area contributed by atoms with Gasteiger partial charge in [-0.2, -0.15) is 0 Å². The number of nitrogens with zero attached hydrogens (tertiary/aromatic N) is 1. The van der Waals surface area contributed by atoms with E-state index in [0.29, 0.717) is 6.61 Å². The maximum absolute atomic E-state index is 12.0. The molecule has 0 saturated carbocycles. The second kappa shape index (κ2) is 4.37. The van der Waals surface area contributed by atoms with Crippen molar-refractivity contribution in [1.29, 1.82) is 0 Å². The Bertz CT molecular complexity index is 402. The number of benzene rings is 1. The Labute approximate surface area is 101 Å². The van der Waals surface area contributed by atoms with Crippen LogP contribution in [0.1, 0.15) is 17.5 Å². The highest BCUT2D eigenvalue weighted by atomic mass is 16.5. The van der Waals surface area contributed by atoms with E-state index in [-0.39, 0.29) is 12.1 Å². The van der Waals surface area contributed by atoms with E-state index in [4.69, 9.17) is 4.74 Å². The van der Waals surface area contributed by atoms with Crippen LogP contribution in [0.2, 0.25) is 0 Å². The van der Waals surface area contributed by atoms with Gasteiger partial charge in [0, 0.05) is 19.7 Å². The standard InChI is InChI=1S/C13H16N2O2/c16-13(14-12-5-6-17-9-12)15-7-10-3-1-2-4-11(10)8-15/h1-4,12H,5-9H2,(H,14,16). The maximum atomic E-state index is 12.0. The van der Waals surface area contributed by atoms with E-state index in [1.165, 1.54) is 11.1 Å². The topological polar surface area (TPSA) is 41.6 Å². The molecule has 4 nitrogen and oxygen atoms in total. The van der Waals surface area contributed by atoms with Crippen LogP contribution in [0.25, 0.3) is 0 Å². The second-order valence-corrected chi connectivity index (χ2v) is 4.63. The Morgan fingerprint density at radius 2 is 2.00 bits per heavy atom. The molecule has 4 heteroatoms. The van der Waals surface area contributed by atoms with Gasteiger partial charge < -0.3 is 15.0 Å². The van der Waals surface area contributed by atoms with Crippen molar-refractivity contribution in [2.75, 3.05) is 13.2 Å². The summed E-state index contributed by atoms with van der Waals surface area (Å²) >= 11 is 0. The fraction of sp³-hybridized carbons (Fsp3) is 0.462. The summed E-state index contributed by atoms with van der Waals surface area (Å²) in [4.78, 5) is 13.9. The molecule has 1 aromatic carbocycles. The molecule has 3 rings (SSSR count). The Hall–Kier alpha value is -1.55. The van der Waals surface area contributed by atoms with E-state index < -0.39 is 0 Å². The molecule has 2 aliphatic heterocycles. The lowest BCUT2D eigenvalue weighted by molar-refractivity contribution is 0.178. The number of nitrogens with one attached hydrogen (secondary N) is 1. The van der Waals surface area contributed by atoms with Gasteiger partial charge in [-0.25, -0.2) is 4.79 Å². The van der Waals surface area contributed by atoms with Crippen LogP contribution < -0.4 is 5.32 Å². The highest BCUT2D eigenvalue weighted by Gasteiger charge is 2.25. The number of fused-ring (bicyclic) bond motifs is 1. The van der Waals surface area contributed by atoms with Crippen molar-refractivity contribution in [3.63, 3.8) is 0 Å². The molecule has 1 saturated heterocycles. The van der Waals surface area contributed by atoms with Gasteiger partial charge in [-0.1, -0.05) is 24.3 Å². The van der Waals surface area contributed by atoms with Crippen LogP contribution in [0.3, 0.4) is 0 Å². The predicted molar refractivity (Wildman–Crippen MR) is 63.4 cm³/mol. The lowest BCUT2D eigenvalue weighted by Crippen LogP contribution is -2.42. The highest BCUT2D eigenvalue weighted by Crippen LogP contribution is 2.22. The number of ether oxygens (including phenoxy) is 1. The van der Waals surface area contributed by atoms with Crippen LogP contribution in [-0.4, -0.2) is 30.2 Å². The summed E-state index contributed by atoms with van der Waals surface area (Å²) < 4.78 is 5.25. The number of carbonyl (C=O) groups excluding carboxylic acids is 1. The first-order valence-electron chi connectivity index (χ1n) is 6.03. The van der Waals surface area contributed by atoms with Crippen LogP contribution in [0, 0.1) is 0 Å². The van der Waals surface area contributed by atoms with Crippen molar-refractivity contribution in [3.05, 3.63) is 35.4 Å². The average molecular weight is 232 g/mol. The third-order valence-electron chi connectivity index (χ3n) is 3.39. The van der Waals surface area contributed by atoms with Crippen molar-refractivity contribution in [3.8, 4) is 0 Å². The van der Waals surface area contributed by atoms with Crippen molar-refractivity contribution < 1.29 is 9.53 Å². The molecule has 0 bridgehead atoms. The lowest BCUT2D eigenvalue weighted by Gasteiger charge is -2.19. The van der Waals surface area contributed by atoms with Gasteiger partial charge in [-0.15, -0.1) is 0 Å². The van der Waals surface area contributed by atoms with Crippen LogP contribution >= 0.6 is 0 Å². The molecular formula is C13H16N2O2. The Morgan fingerprint density at radius 3 is 2.59 bits per heavy atom. The van der Waals surface area contributed by atoms with E-state index in [1.54, 1.807) is 0 Å². The number of carbonyl (C=O) groups is 1. The zero-order chi connectivity index (χ0) is 11.7.